The van der Waals surface area contributed by atoms with Gasteiger partial charge in [0.15, 0.2) is 0 Å². The lowest BCUT2D eigenvalue weighted by molar-refractivity contribution is 0.474. The van der Waals surface area contributed by atoms with Gasteiger partial charge in [0.1, 0.15) is 17.1 Å². The van der Waals surface area contributed by atoms with Crippen molar-refractivity contribution in [2.45, 2.75) is 0 Å². The fraction of sp³-hybridized carbons (Fsp3) is 0. The molecule has 132 valence electrons. The van der Waals surface area contributed by atoms with Crippen molar-refractivity contribution in [3.8, 4) is 28.9 Å². The first-order valence-corrected chi connectivity index (χ1v) is 9.10. The summed E-state index contributed by atoms with van der Waals surface area (Å²) in [7, 11) is 0. The minimum Gasteiger partial charge on any atom is -0.507 e. The number of aromatic hydroxyl groups is 1. The number of furan rings is 1. The lowest BCUT2D eigenvalue weighted by atomic mass is 10.0. The van der Waals surface area contributed by atoms with Gasteiger partial charge < -0.3 is 9.52 Å². The predicted molar refractivity (Wildman–Crippen MR) is 113 cm³/mol. The van der Waals surface area contributed by atoms with Gasteiger partial charge in [-0.25, -0.2) is 0 Å². The first kappa shape index (κ1) is 16.2. The molecule has 0 saturated heterocycles. The lowest BCUT2D eigenvalue weighted by Crippen LogP contribution is -1.84. The molecule has 0 fully saturated rings. The van der Waals surface area contributed by atoms with Gasteiger partial charge in [0.2, 0.25) is 0 Å². The number of phenolic OH excluding ortho intramolecular Hbond substituents is 1. The summed E-state index contributed by atoms with van der Waals surface area (Å²) >= 11 is 0. The Labute approximate surface area is 162 Å². The van der Waals surface area contributed by atoms with Crippen molar-refractivity contribution in [1.29, 1.82) is 0 Å². The summed E-state index contributed by atoms with van der Waals surface area (Å²) in [6.45, 7) is 0. The van der Waals surface area contributed by atoms with Gasteiger partial charge >= 0.3 is 0 Å². The standard InChI is InChI=1S/C26H16O2/c27-24-16-14-18-7-1-4-10-21(18)23(24)15-13-19-8-2-5-11-22(19)26-17-20-9-3-6-12-25(20)28-26/h1-12,14,16-17,27H. The summed E-state index contributed by atoms with van der Waals surface area (Å²) in [4.78, 5) is 0. The predicted octanol–water partition coefficient (Wildman–Crippen LogP) is 6.36. The summed E-state index contributed by atoms with van der Waals surface area (Å²) in [6, 6.07) is 29.4. The molecular weight excluding hydrogens is 344 g/mol. The molecule has 1 heterocycles. The first-order chi connectivity index (χ1) is 13.8. The van der Waals surface area contributed by atoms with E-state index in [0.29, 0.717) is 5.56 Å². The molecule has 0 spiro atoms. The Morgan fingerprint density at radius 3 is 2.32 bits per heavy atom. The Hall–Kier alpha value is -3.96. The monoisotopic (exact) mass is 360 g/mol. The zero-order valence-electron chi connectivity index (χ0n) is 15.0. The minimum atomic E-state index is 0.187. The van der Waals surface area contributed by atoms with E-state index in [1.807, 2.05) is 84.9 Å². The van der Waals surface area contributed by atoms with Crippen molar-refractivity contribution in [3.63, 3.8) is 0 Å². The van der Waals surface area contributed by atoms with Crippen LogP contribution in [0.4, 0.5) is 0 Å². The molecule has 0 aliphatic carbocycles. The van der Waals surface area contributed by atoms with E-state index in [2.05, 4.69) is 11.8 Å². The van der Waals surface area contributed by atoms with Crippen LogP contribution in [0.25, 0.3) is 33.1 Å². The first-order valence-electron chi connectivity index (χ1n) is 9.10. The Kier molecular flexibility index (Phi) is 3.85. The van der Waals surface area contributed by atoms with Crippen LogP contribution < -0.4 is 0 Å². The van der Waals surface area contributed by atoms with Crippen LogP contribution in [0.1, 0.15) is 11.1 Å². The van der Waals surface area contributed by atoms with Gasteiger partial charge in [0, 0.05) is 21.9 Å². The molecule has 0 unspecified atom stereocenters. The second-order valence-corrected chi connectivity index (χ2v) is 6.62. The molecule has 0 aliphatic rings. The fourth-order valence-corrected chi connectivity index (χ4v) is 3.44. The molecule has 28 heavy (non-hydrogen) atoms. The van der Waals surface area contributed by atoms with Crippen LogP contribution >= 0.6 is 0 Å². The van der Waals surface area contributed by atoms with Crippen molar-refractivity contribution in [3.05, 3.63) is 102 Å². The van der Waals surface area contributed by atoms with Gasteiger partial charge in [-0.1, -0.05) is 72.5 Å². The number of phenols is 1. The van der Waals surface area contributed by atoms with Crippen LogP contribution in [0.5, 0.6) is 5.75 Å². The van der Waals surface area contributed by atoms with Crippen LogP contribution in [0.2, 0.25) is 0 Å². The molecular formula is C26H16O2. The molecule has 0 radical (unpaired) electrons. The van der Waals surface area contributed by atoms with E-state index in [4.69, 9.17) is 4.42 Å². The summed E-state index contributed by atoms with van der Waals surface area (Å²) < 4.78 is 6.02. The van der Waals surface area contributed by atoms with Crippen molar-refractivity contribution in [1.82, 2.24) is 0 Å². The zero-order chi connectivity index (χ0) is 18.9. The number of para-hydroxylation sites is 1. The third kappa shape index (κ3) is 2.80. The molecule has 1 N–H and O–H groups in total. The van der Waals surface area contributed by atoms with E-state index >= 15 is 0 Å². The molecule has 2 heteroatoms. The second-order valence-electron chi connectivity index (χ2n) is 6.62. The van der Waals surface area contributed by atoms with Crippen molar-refractivity contribution >= 4 is 21.7 Å². The molecule has 0 atom stereocenters. The van der Waals surface area contributed by atoms with E-state index in [1.54, 1.807) is 6.07 Å². The van der Waals surface area contributed by atoms with Crippen LogP contribution in [0.3, 0.4) is 0 Å². The molecule has 0 amide bonds. The second kappa shape index (κ2) is 6.64. The van der Waals surface area contributed by atoms with E-state index < -0.39 is 0 Å². The fourth-order valence-electron chi connectivity index (χ4n) is 3.44. The maximum Gasteiger partial charge on any atom is 0.136 e. The Balaban J connectivity index is 1.65. The number of benzene rings is 4. The largest absolute Gasteiger partial charge is 0.507 e. The van der Waals surface area contributed by atoms with E-state index in [-0.39, 0.29) is 5.75 Å². The third-order valence-electron chi connectivity index (χ3n) is 4.85. The molecule has 0 aliphatic heterocycles. The average molecular weight is 360 g/mol. The Bertz CT molecular complexity index is 1350. The third-order valence-corrected chi connectivity index (χ3v) is 4.85. The van der Waals surface area contributed by atoms with Gasteiger partial charge in [0.05, 0.1) is 5.56 Å². The highest BCUT2D eigenvalue weighted by atomic mass is 16.3. The highest BCUT2D eigenvalue weighted by Crippen LogP contribution is 2.30. The number of hydrogen-bond acceptors (Lipinski definition) is 2. The van der Waals surface area contributed by atoms with Crippen LogP contribution in [0, 0.1) is 11.8 Å². The highest BCUT2D eigenvalue weighted by Gasteiger charge is 2.09. The summed E-state index contributed by atoms with van der Waals surface area (Å²) in [5, 5.41) is 13.4. The number of hydrogen-bond donors (Lipinski definition) is 1. The molecule has 0 bridgehead atoms. The number of fused-ring (bicyclic) bond motifs is 2. The molecule has 5 aromatic rings. The van der Waals surface area contributed by atoms with Gasteiger partial charge in [-0.3, -0.25) is 0 Å². The number of rotatable bonds is 1. The van der Waals surface area contributed by atoms with Crippen LogP contribution in [0.15, 0.2) is 95.4 Å². The lowest BCUT2D eigenvalue weighted by Gasteiger charge is -2.04. The van der Waals surface area contributed by atoms with Gasteiger partial charge in [-0.05, 0) is 35.7 Å². The summed E-state index contributed by atoms with van der Waals surface area (Å²) in [5.41, 5.74) is 3.28. The average Bonchev–Trinajstić information content (AvgIpc) is 3.17. The highest BCUT2D eigenvalue weighted by molar-refractivity contribution is 5.91. The van der Waals surface area contributed by atoms with E-state index in [9.17, 15) is 5.11 Å². The molecule has 0 saturated carbocycles. The van der Waals surface area contributed by atoms with Crippen molar-refractivity contribution in [2.24, 2.45) is 0 Å². The molecule has 5 rings (SSSR count). The smallest absolute Gasteiger partial charge is 0.136 e. The van der Waals surface area contributed by atoms with Crippen molar-refractivity contribution < 1.29 is 9.52 Å². The molecule has 4 aromatic carbocycles. The van der Waals surface area contributed by atoms with Gasteiger partial charge in [-0.15, -0.1) is 0 Å². The van der Waals surface area contributed by atoms with Crippen LogP contribution in [-0.2, 0) is 0 Å². The Morgan fingerprint density at radius 1 is 0.679 bits per heavy atom. The maximum atomic E-state index is 10.3. The SMILES string of the molecule is Oc1ccc2ccccc2c1C#Cc1ccccc1-c1cc2ccccc2o1. The van der Waals surface area contributed by atoms with Crippen LogP contribution in [-0.4, -0.2) is 5.11 Å². The zero-order valence-corrected chi connectivity index (χ0v) is 15.0. The van der Waals surface area contributed by atoms with Crippen molar-refractivity contribution in [2.75, 3.05) is 0 Å². The quantitative estimate of drug-likeness (QED) is 0.353. The maximum absolute atomic E-state index is 10.3. The molecule has 2 nitrogen and oxygen atoms in total. The minimum absolute atomic E-state index is 0.187. The van der Waals surface area contributed by atoms with Gasteiger partial charge in [-0.2, -0.15) is 0 Å². The van der Waals surface area contributed by atoms with E-state index in [0.717, 1.165) is 38.6 Å². The summed E-state index contributed by atoms with van der Waals surface area (Å²) in [6.07, 6.45) is 0. The Morgan fingerprint density at radius 2 is 1.43 bits per heavy atom. The normalized spacial score (nSPS) is 10.7. The topological polar surface area (TPSA) is 33.4 Å². The molecule has 1 aromatic heterocycles. The van der Waals surface area contributed by atoms with E-state index in [1.165, 1.54) is 0 Å². The van der Waals surface area contributed by atoms with Gasteiger partial charge in [0.25, 0.3) is 0 Å². The summed E-state index contributed by atoms with van der Waals surface area (Å²) in [5.74, 6) is 7.38.